The molecular formula is C19H20N6O3. The van der Waals surface area contributed by atoms with Gasteiger partial charge < -0.3 is 5.32 Å². The van der Waals surface area contributed by atoms with E-state index in [1.807, 2.05) is 30.3 Å². The number of fused-ring (bicyclic) bond motifs is 1. The zero-order valence-corrected chi connectivity index (χ0v) is 15.5. The number of nitrogens with zero attached hydrogens (tertiary/aromatic N) is 3. The third-order valence-electron chi connectivity index (χ3n) is 4.98. The minimum absolute atomic E-state index is 0.0356. The Hall–Kier alpha value is -3.30. The number of hydrogen-bond donors (Lipinski definition) is 3. The Morgan fingerprint density at radius 3 is 2.64 bits per heavy atom. The van der Waals surface area contributed by atoms with E-state index in [4.69, 9.17) is 0 Å². The summed E-state index contributed by atoms with van der Waals surface area (Å²) in [6, 6.07) is 11.0. The Morgan fingerprint density at radius 1 is 1.14 bits per heavy atom. The highest BCUT2D eigenvalue weighted by atomic mass is 16.2. The lowest BCUT2D eigenvalue weighted by Gasteiger charge is -2.12. The molecule has 9 heteroatoms. The van der Waals surface area contributed by atoms with Gasteiger partial charge in [0.05, 0.1) is 17.3 Å². The second kappa shape index (κ2) is 7.02. The number of pyridine rings is 1. The summed E-state index contributed by atoms with van der Waals surface area (Å²) in [4.78, 5) is 41.2. The van der Waals surface area contributed by atoms with Crippen molar-refractivity contribution < 1.29 is 4.79 Å². The molecule has 3 aromatic rings. The quantitative estimate of drug-likeness (QED) is 0.598. The van der Waals surface area contributed by atoms with Gasteiger partial charge in [0.25, 0.3) is 5.56 Å². The lowest BCUT2D eigenvalue weighted by molar-refractivity contribution is -0.117. The molecule has 3 N–H and O–H groups in total. The number of hydrogen-bond acceptors (Lipinski definition) is 6. The molecule has 1 fully saturated rings. The molecule has 0 aliphatic carbocycles. The highest BCUT2D eigenvalue weighted by Gasteiger charge is 2.30. The molecule has 9 nitrogen and oxygen atoms in total. The second-order valence-corrected chi connectivity index (χ2v) is 6.83. The number of amides is 1. The van der Waals surface area contributed by atoms with Gasteiger partial charge in [0.1, 0.15) is 11.7 Å². The smallest absolute Gasteiger partial charge is 0.323 e. The van der Waals surface area contributed by atoms with Crippen LogP contribution in [-0.4, -0.2) is 26.1 Å². The number of aryl methyl sites for hydroxylation is 1. The maximum Gasteiger partial charge on any atom is 0.332 e. The predicted molar refractivity (Wildman–Crippen MR) is 105 cm³/mol. The largest absolute Gasteiger partial charge is 0.332 e. The highest BCUT2D eigenvalue weighted by molar-refractivity contribution is 5.96. The summed E-state index contributed by atoms with van der Waals surface area (Å²) in [6.07, 6.45) is 2.03. The number of hydrazine groups is 1. The molecule has 3 heterocycles. The SMILES string of the molecule is Cn1c(=O)c2cc(NC(=O)C3CC(c4ccccc4)NN3)cnc2n(C)c1=O. The van der Waals surface area contributed by atoms with Crippen LogP contribution in [-0.2, 0) is 18.9 Å². The topological polar surface area (TPSA) is 110 Å². The first-order valence-electron chi connectivity index (χ1n) is 8.88. The van der Waals surface area contributed by atoms with Crippen LogP contribution in [0.2, 0.25) is 0 Å². The fraction of sp³-hybridized carbons (Fsp3) is 0.263. The van der Waals surface area contributed by atoms with Crippen LogP contribution in [0.15, 0.2) is 52.2 Å². The van der Waals surface area contributed by atoms with Gasteiger partial charge in [-0.3, -0.25) is 18.7 Å². The average molecular weight is 380 g/mol. The van der Waals surface area contributed by atoms with E-state index in [9.17, 15) is 14.4 Å². The van der Waals surface area contributed by atoms with Gasteiger partial charge in [-0.2, -0.15) is 0 Å². The molecule has 2 aromatic heterocycles. The summed E-state index contributed by atoms with van der Waals surface area (Å²) in [5, 5.41) is 3.06. The molecule has 0 saturated carbocycles. The number of carbonyl (C=O) groups excluding carboxylic acids is 1. The Bertz CT molecular complexity index is 1170. The van der Waals surface area contributed by atoms with E-state index in [1.54, 1.807) is 13.1 Å². The van der Waals surface area contributed by atoms with E-state index in [-0.39, 0.29) is 23.0 Å². The molecular weight excluding hydrogens is 360 g/mol. The number of nitrogens with one attached hydrogen (secondary N) is 3. The van der Waals surface area contributed by atoms with Crippen LogP contribution in [0.1, 0.15) is 18.0 Å². The van der Waals surface area contributed by atoms with Crippen molar-refractivity contribution in [3.8, 4) is 0 Å². The summed E-state index contributed by atoms with van der Waals surface area (Å²) in [6.45, 7) is 0. The van der Waals surface area contributed by atoms with E-state index in [0.29, 0.717) is 12.1 Å². The summed E-state index contributed by atoms with van der Waals surface area (Å²) < 4.78 is 2.32. The van der Waals surface area contributed by atoms with Crippen molar-refractivity contribution in [2.24, 2.45) is 14.1 Å². The molecule has 144 valence electrons. The molecule has 0 bridgehead atoms. The number of anilines is 1. The molecule has 2 unspecified atom stereocenters. The second-order valence-electron chi connectivity index (χ2n) is 6.83. The molecule has 2 atom stereocenters. The number of carbonyl (C=O) groups is 1. The van der Waals surface area contributed by atoms with Crippen molar-refractivity contribution in [1.29, 1.82) is 0 Å². The van der Waals surface area contributed by atoms with Crippen LogP contribution in [0.25, 0.3) is 11.0 Å². The number of benzene rings is 1. The first-order valence-corrected chi connectivity index (χ1v) is 8.88. The van der Waals surface area contributed by atoms with Crippen molar-refractivity contribution in [2.45, 2.75) is 18.5 Å². The van der Waals surface area contributed by atoms with Gasteiger partial charge in [0.2, 0.25) is 5.91 Å². The van der Waals surface area contributed by atoms with E-state index in [0.717, 1.165) is 10.1 Å². The van der Waals surface area contributed by atoms with Gasteiger partial charge in [0, 0.05) is 20.1 Å². The van der Waals surface area contributed by atoms with Gasteiger partial charge in [-0.15, -0.1) is 0 Å². The lowest BCUT2D eigenvalue weighted by atomic mass is 10.0. The molecule has 1 aliphatic heterocycles. The normalized spacial score (nSPS) is 19.1. The molecule has 0 spiro atoms. The van der Waals surface area contributed by atoms with E-state index < -0.39 is 17.3 Å². The van der Waals surface area contributed by atoms with Gasteiger partial charge in [-0.25, -0.2) is 20.6 Å². The van der Waals surface area contributed by atoms with E-state index in [2.05, 4.69) is 21.2 Å². The van der Waals surface area contributed by atoms with E-state index >= 15 is 0 Å². The predicted octanol–water partition coefficient (Wildman–Crippen LogP) is 0.179. The Labute approximate surface area is 160 Å². The van der Waals surface area contributed by atoms with Crippen LogP contribution >= 0.6 is 0 Å². The van der Waals surface area contributed by atoms with Gasteiger partial charge in [-0.1, -0.05) is 30.3 Å². The zero-order chi connectivity index (χ0) is 19.8. The monoisotopic (exact) mass is 380 g/mol. The zero-order valence-electron chi connectivity index (χ0n) is 15.5. The molecule has 4 rings (SSSR count). The fourth-order valence-corrected chi connectivity index (χ4v) is 3.40. The molecule has 1 aliphatic rings. The number of aromatic nitrogens is 3. The third kappa shape index (κ3) is 3.10. The van der Waals surface area contributed by atoms with Crippen LogP contribution in [0.3, 0.4) is 0 Å². The summed E-state index contributed by atoms with van der Waals surface area (Å²) in [5.74, 6) is -0.228. The van der Waals surface area contributed by atoms with Crippen molar-refractivity contribution in [2.75, 3.05) is 5.32 Å². The molecule has 28 heavy (non-hydrogen) atoms. The molecule has 1 amide bonds. The first-order chi connectivity index (χ1) is 13.5. The highest BCUT2D eigenvalue weighted by Crippen LogP contribution is 2.22. The number of rotatable bonds is 3. The van der Waals surface area contributed by atoms with Gasteiger partial charge in [-0.05, 0) is 18.1 Å². The molecule has 0 radical (unpaired) electrons. The maximum atomic E-state index is 12.6. The molecule has 1 saturated heterocycles. The lowest BCUT2D eigenvalue weighted by Crippen LogP contribution is -2.40. The summed E-state index contributed by atoms with van der Waals surface area (Å²) in [5.41, 5.74) is 7.01. The van der Waals surface area contributed by atoms with Crippen molar-refractivity contribution >= 4 is 22.6 Å². The van der Waals surface area contributed by atoms with Crippen molar-refractivity contribution in [1.82, 2.24) is 25.0 Å². The standard InChI is InChI=1S/C19H20N6O3/c1-24-16-13(18(27)25(2)19(24)28)8-12(10-20-16)21-17(26)15-9-14(22-23-15)11-6-4-3-5-7-11/h3-8,10,14-15,22-23H,9H2,1-2H3,(H,21,26). The fourth-order valence-electron chi connectivity index (χ4n) is 3.40. The maximum absolute atomic E-state index is 12.6. The van der Waals surface area contributed by atoms with Gasteiger partial charge in [0.15, 0.2) is 0 Å². The summed E-state index contributed by atoms with van der Waals surface area (Å²) >= 11 is 0. The Balaban J connectivity index is 1.55. The molecule has 1 aromatic carbocycles. The van der Waals surface area contributed by atoms with Crippen molar-refractivity contribution in [3.63, 3.8) is 0 Å². The van der Waals surface area contributed by atoms with Crippen molar-refractivity contribution in [3.05, 3.63) is 69.0 Å². The third-order valence-corrected chi connectivity index (χ3v) is 4.98. The average Bonchev–Trinajstić information content (AvgIpc) is 3.22. The first kappa shape index (κ1) is 18.1. The Kier molecular flexibility index (Phi) is 4.54. The van der Waals surface area contributed by atoms with Crippen LogP contribution in [0.4, 0.5) is 5.69 Å². The minimum Gasteiger partial charge on any atom is -0.323 e. The van der Waals surface area contributed by atoms with Crippen LogP contribution in [0, 0.1) is 0 Å². The van der Waals surface area contributed by atoms with Crippen LogP contribution < -0.4 is 27.4 Å². The van der Waals surface area contributed by atoms with Gasteiger partial charge >= 0.3 is 5.69 Å². The Morgan fingerprint density at radius 2 is 1.89 bits per heavy atom. The van der Waals surface area contributed by atoms with E-state index in [1.165, 1.54) is 17.8 Å². The summed E-state index contributed by atoms with van der Waals surface area (Å²) in [7, 11) is 2.96. The van der Waals surface area contributed by atoms with Crippen LogP contribution in [0.5, 0.6) is 0 Å². The minimum atomic E-state index is -0.452.